The van der Waals surface area contributed by atoms with Crippen LogP contribution < -0.4 is 11.1 Å². The van der Waals surface area contributed by atoms with E-state index < -0.39 is 0 Å². The summed E-state index contributed by atoms with van der Waals surface area (Å²) in [5.41, 5.74) is 8.55. The van der Waals surface area contributed by atoms with Gasteiger partial charge in [-0.1, -0.05) is 12.1 Å². The summed E-state index contributed by atoms with van der Waals surface area (Å²) < 4.78 is 1.74. The molecule has 2 aromatic heterocycles. The molecule has 0 spiro atoms. The van der Waals surface area contributed by atoms with Crippen LogP contribution in [0.2, 0.25) is 0 Å². The van der Waals surface area contributed by atoms with Crippen molar-refractivity contribution < 1.29 is 0 Å². The maximum absolute atomic E-state index is 5.66. The van der Waals surface area contributed by atoms with Gasteiger partial charge in [-0.2, -0.15) is 5.10 Å². The van der Waals surface area contributed by atoms with Gasteiger partial charge in [-0.15, -0.1) is 0 Å². The lowest BCUT2D eigenvalue weighted by molar-refractivity contribution is 0.932. The number of nitrogen functional groups attached to an aromatic ring is 1. The van der Waals surface area contributed by atoms with E-state index in [2.05, 4.69) is 15.4 Å². The molecule has 1 aromatic carbocycles. The van der Waals surface area contributed by atoms with Gasteiger partial charge in [0.05, 0.1) is 6.20 Å². The predicted molar refractivity (Wildman–Crippen MR) is 76.0 cm³/mol. The highest BCUT2D eigenvalue weighted by molar-refractivity contribution is 5.45. The van der Waals surface area contributed by atoms with Crippen LogP contribution in [-0.2, 0) is 6.42 Å². The molecule has 3 N–H and O–H groups in total. The number of hydrogen-bond donors (Lipinski definition) is 2. The lowest BCUT2D eigenvalue weighted by Gasteiger charge is -2.06. The summed E-state index contributed by atoms with van der Waals surface area (Å²) in [6.45, 7) is 0.835. The number of nitrogens with one attached hydrogen (secondary N) is 1. The Morgan fingerprint density at radius 1 is 1.11 bits per heavy atom. The minimum absolute atomic E-state index is 0.796. The lowest BCUT2D eigenvalue weighted by atomic mass is 10.1. The van der Waals surface area contributed by atoms with Gasteiger partial charge in [0.1, 0.15) is 5.82 Å². The number of hydrogen-bond acceptors (Lipinski definition) is 4. The molecular formula is C14H15N5. The zero-order valence-electron chi connectivity index (χ0n) is 10.5. The van der Waals surface area contributed by atoms with Crippen molar-refractivity contribution in [3.63, 3.8) is 0 Å². The van der Waals surface area contributed by atoms with Crippen molar-refractivity contribution in [1.29, 1.82) is 0 Å². The van der Waals surface area contributed by atoms with Crippen molar-refractivity contribution in [2.45, 2.75) is 6.42 Å². The van der Waals surface area contributed by atoms with Crippen LogP contribution in [0, 0.1) is 0 Å². The minimum Gasteiger partial charge on any atom is -0.399 e. The molecule has 0 unspecified atom stereocenters. The Balaban J connectivity index is 1.61. The standard InChI is InChI=1S/C14H15N5/c15-12-3-1-11(2-4-12)5-8-16-13-7-10-19-14(18-13)6-9-17-19/h1-4,6-7,9-10H,5,8,15H2,(H,16,18). The Bertz CT molecular complexity index is 672. The normalized spacial score (nSPS) is 10.7. The molecule has 0 bridgehead atoms. The van der Waals surface area contributed by atoms with Crippen LogP contribution in [0.5, 0.6) is 0 Å². The van der Waals surface area contributed by atoms with E-state index in [1.807, 2.05) is 42.6 Å². The summed E-state index contributed by atoms with van der Waals surface area (Å²) in [5.74, 6) is 0.864. The second-order valence-electron chi connectivity index (χ2n) is 4.37. The largest absolute Gasteiger partial charge is 0.399 e. The molecule has 3 rings (SSSR count). The summed E-state index contributed by atoms with van der Waals surface area (Å²) in [5, 5.41) is 7.42. The van der Waals surface area contributed by atoms with Gasteiger partial charge in [0.25, 0.3) is 0 Å². The SMILES string of the molecule is Nc1ccc(CCNc2ccn3nccc3n2)cc1. The number of benzene rings is 1. The van der Waals surface area contributed by atoms with E-state index in [0.29, 0.717) is 0 Å². The monoisotopic (exact) mass is 253 g/mol. The Kier molecular flexibility index (Phi) is 3.02. The number of nitrogens with zero attached hydrogens (tertiary/aromatic N) is 3. The summed E-state index contributed by atoms with van der Waals surface area (Å²) in [6, 6.07) is 11.7. The van der Waals surface area contributed by atoms with Crippen molar-refractivity contribution in [2.24, 2.45) is 0 Å². The second kappa shape index (κ2) is 4.97. The molecule has 0 aliphatic heterocycles. The Morgan fingerprint density at radius 3 is 2.79 bits per heavy atom. The third kappa shape index (κ3) is 2.65. The zero-order chi connectivity index (χ0) is 13.1. The molecule has 0 saturated carbocycles. The first-order valence-corrected chi connectivity index (χ1v) is 6.20. The number of rotatable bonds is 4. The van der Waals surface area contributed by atoms with E-state index in [1.165, 1.54) is 5.56 Å². The van der Waals surface area contributed by atoms with E-state index in [4.69, 9.17) is 5.73 Å². The van der Waals surface area contributed by atoms with Gasteiger partial charge < -0.3 is 11.1 Å². The molecule has 5 nitrogen and oxygen atoms in total. The van der Waals surface area contributed by atoms with E-state index in [0.717, 1.165) is 30.1 Å². The molecule has 0 aliphatic carbocycles. The molecule has 2 heterocycles. The van der Waals surface area contributed by atoms with E-state index in [-0.39, 0.29) is 0 Å². The first kappa shape index (κ1) is 11.5. The van der Waals surface area contributed by atoms with E-state index in [9.17, 15) is 0 Å². The molecule has 3 aromatic rings. The molecule has 0 atom stereocenters. The van der Waals surface area contributed by atoms with Crippen LogP contribution >= 0.6 is 0 Å². The Morgan fingerprint density at radius 2 is 1.95 bits per heavy atom. The van der Waals surface area contributed by atoms with Gasteiger partial charge in [0, 0.05) is 24.5 Å². The van der Waals surface area contributed by atoms with Crippen LogP contribution in [0.4, 0.5) is 11.5 Å². The highest BCUT2D eigenvalue weighted by Gasteiger charge is 1.98. The van der Waals surface area contributed by atoms with Gasteiger partial charge in [-0.05, 0) is 30.2 Å². The van der Waals surface area contributed by atoms with Gasteiger partial charge in [-0.3, -0.25) is 0 Å². The van der Waals surface area contributed by atoms with Crippen molar-refractivity contribution in [3.05, 3.63) is 54.4 Å². The van der Waals surface area contributed by atoms with Crippen LogP contribution in [0.25, 0.3) is 5.65 Å². The van der Waals surface area contributed by atoms with Crippen LogP contribution in [0.3, 0.4) is 0 Å². The molecular weight excluding hydrogens is 238 g/mol. The fraction of sp³-hybridized carbons (Fsp3) is 0.143. The van der Waals surface area contributed by atoms with E-state index in [1.54, 1.807) is 10.7 Å². The first-order chi connectivity index (χ1) is 9.31. The van der Waals surface area contributed by atoms with Crippen molar-refractivity contribution >= 4 is 17.2 Å². The second-order valence-corrected chi connectivity index (χ2v) is 4.37. The number of anilines is 2. The summed E-state index contributed by atoms with van der Waals surface area (Å²) in [4.78, 5) is 4.45. The highest BCUT2D eigenvalue weighted by Crippen LogP contribution is 2.08. The maximum atomic E-state index is 5.66. The number of nitrogens with two attached hydrogens (primary N) is 1. The predicted octanol–water partition coefficient (Wildman–Crippen LogP) is 1.97. The summed E-state index contributed by atoms with van der Waals surface area (Å²) in [6.07, 6.45) is 4.57. The topological polar surface area (TPSA) is 68.2 Å². The van der Waals surface area contributed by atoms with Gasteiger partial charge >= 0.3 is 0 Å². The van der Waals surface area contributed by atoms with Crippen LogP contribution in [-0.4, -0.2) is 21.1 Å². The maximum Gasteiger partial charge on any atom is 0.157 e. The van der Waals surface area contributed by atoms with Gasteiger partial charge in [0.2, 0.25) is 0 Å². The van der Waals surface area contributed by atoms with Crippen LogP contribution in [0.1, 0.15) is 5.56 Å². The molecule has 0 radical (unpaired) electrons. The average Bonchev–Trinajstić information content (AvgIpc) is 2.88. The quantitative estimate of drug-likeness (QED) is 0.697. The summed E-state index contributed by atoms with van der Waals surface area (Å²) >= 11 is 0. The fourth-order valence-electron chi connectivity index (χ4n) is 1.93. The minimum atomic E-state index is 0.796. The molecule has 0 fully saturated rings. The lowest BCUT2D eigenvalue weighted by Crippen LogP contribution is -2.07. The molecule has 0 amide bonds. The number of fused-ring (bicyclic) bond motifs is 1. The molecule has 0 aliphatic rings. The highest BCUT2D eigenvalue weighted by atomic mass is 15.2. The fourth-order valence-corrected chi connectivity index (χ4v) is 1.93. The van der Waals surface area contributed by atoms with Crippen molar-refractivity contribution in [1.82, 2.24) is 14.6 Å². The Hall–Kier alpha value is -2.56. The smallest absolute Gasteiger partial charge is 0.157 e. The first-order valence-electron chi connectivity index (χ1n) is 6.20. The van der Waals surface area contributed by atoms with Crippen LogP contribution in [0.15, 0.2) is 48.8 Å². The average molecular weight is 253 g/mol. The third-order valence-corrected chi connectivity index (χ3v) is 2.96. The molecule has 5 heteroatoms. The molecule has 96 valence electrons. The Labute approximate surface area is 111 Å². The van der Waals surface area contributed by atoms with E-state index >= 15 is 0 Å². The number of aromatic nitrogens is 3. The third-order valence-electron chi connectivity index (χ3n) is 2.96. The van der Waals surface area contributed by atoms with Crippen molar-refractivity contribution in [2.75, 3.05) is 17.6 Å². The van der Waals surface area contributed by atoms with Crippen molar-refractivity contribution in [3.8, 4) is 0 Å². The molecule has 0 saturated heterocycles. The summed E-state index contributed by atoms with van der Waals surface area (Å²) in [7, 11) is 0. The zero-order valence-corrected chi connectivity index (χ0v) is 10.5. The van der Waals surface area contributed by atoms with Gasteiger partial charge in [-0.25, -0.2) is 9.50 Å². The van der Waals surface area contributed by atoms with Gasteiger partial charge in [0.15, 0.2) is 5.65 Å². The molecule has 19 heavy (non-hydrogen) atoms.